The summed E-state index contributed by atoms with van der Waals surface area (Å²) < 4.78 is 5.87. The van der Waals surface area contributed by atoms with E-state index in [1.54, 1.807) is 0 Å². The molecule has 0 saturated carbocycles. The highest BCUT2D eigenvalue weighted by atomic mass is 16.3. The molecule has 1 atom stereocenters. The van der Waals surface area contributed by atoms with Gasteiger partial charge in [-0.2, -0.15) is 0 Å². The van der Waals surface area contributed by atoms with Crippen LogP contribution in [0.2, 0.25) is 0 Å². The fraction of sp³-hybridized carbons (Fsp3) is 0.471. The lowest BCUT2D eigenvalue weighted by Gasteiger charge is -2.26. The van der Waals surface area contributed by atoms with E-state index in [2.05, 4.69) is 39.5 Å². The molecule has 4 nitrogen and oxygen atoms in total. The van der Waals surface area contributed by atoms with Crippen LogP contribution in [-0.2, 0) is 6.54 Å². The quantitative estimate of drug-likeness (QED) is 0.886. The van der Waals surface area contributed by atoms with Crippen LogP contribution in [0.5, 0.6) is 0 Å². The Labute approximate surface area is 126 Å². The highest BCUT2D eigenvalue weighted by Gasteiger charge is 2.25. The molecule has 3 heterocycles. The number of aryl methyl sites for hydroxylation is 1. The zero-order valence-corrected chi connectivity index (χ0v) is 12.6. The van der Waals surface area contributed by atoms with Gasteiger partial charge < -0.3 is 9.73 Å². The predicted octanol–water partition coefficient (Wildman–Crippen LogP) is 2.91. The van der Waals surface area contributed by atoms with Crippen molar-refractivity contribution in [2.75, 3.05) is 19.6 Å². The minimum Gasteiger partial charge on any atom is -0.465 e. The minimum atomic E-state index is 0.336. The number of furan rings is 1. The first-order valence-electron chi connectivity index (χ1n) is 7.73. The van der Waals surface area contributed by atoms with Crippen LogP contribution in [0.15, 0.2) is 41.1 Å². The number of nitrogens with one attached hydrogen (secondary N) is 1. The number of likely N-dealkylation sites (tertiary alicyclic amines) is 1. The van der Waals surface area contributed by atoms with E-state index in [-0.39, 0.29) is 0 Å². The number of pyridine rings is 1. The topological polar surface area (TPSA) is 41.3 Å². The van der Waals surface area contributed by atoms with Crippen LogP contribution in [0.25, 0.3) is 0 Å². The van der Waals surface area contributed by atoms with Crippen LogP contribution in [0.4, 0.5) is 0 Å². The zero-order valence-electron chi connectivity index (χ0n) is 12.6. The molecular formula is C17H23N3O. The molecule has 2 aromatic rings. The number of nitrogens with zero attached hydrogens (tertiary/aromatic N) is 2. The summed E-state index contributed by atoms with van der Waals surface area (Å²) in [5, 5.41) is 3.56. The van der Waals surface area contributed by atoms with Crippen molar-refractivity contribution in [1.29, 1.82) is 0 Å². The number of hydrogen-bond acceptors (Lipinski definition) is 4. The second-order valence-corrected chi connectivity index (χ2v) is 5.69. The largest absolute Gasteiger partial charge is 0.465 e. The molecule has 2 aromatic heterocycles. The van der Waals surface area contributed by atoms with E-state index in [1.807, 2.05) is 19.3 Å². The summed E-state index contributed by atoms with van der Waals surface area (Å²) >= 11 is 0. The first kappa shape index (κ1) is 14.3. The van der Waals surface area contributed by atoms with Crippen LogP contribution in [0.1, 0.15) is 36.0 Å². The van der Waals surface area contributed by atoms with Crippen molar-refractivity contribution in [2.45, 2.75) is 32.4 Å². The van der Waals surface area contributed by atoms with Crippen LogP contribution in [0, 0.1) is 6.92 Å². The van der Waals surface area contributed by atoms with Gasteiger partial charge in [0.1, 0.15) is 11.5 Å². The standard InChI is InChI=1S/C17H23N3O/c1-14-4-5-17(21-14)16(20-10-2-3-11-20)13-19-12-15-6-8-18-9-7-15/h4-9,16,19H,2-3,10-13H2,1H3. The molecule has 112 valence electrons. The van der Waals surface area contributed by atoms with Gasteiger partial charge in [-0.3, -0.25) is 9.88 Å². The van der Waals surface area contributed by atoms with Crippen molar-refractivity contribution >= 4 is 0 Å². The SMILES string of the molecule is Cc1ccc(C(CNCc2ccncc2)N2CCCC2)o1. The molecule has 1 aliphatic rings. The van der Waals surface area contributed by atoms with Gasteiger partial charge in [-0.15, -0.1) is 0 Å². The van der Waals surface area contributed by atoms with E-state index in [1.165, 1.54) is 31.5 Å². The average Bonchev–Trinajstić information content (AvgIpc) is 3.16. The predicted molar refractivity (Wildman–Crippen MR) is 82.9 cm³/mol. The van der Waals surface area contributed by atoms with Crippen molar-refractivity contribution in [2.24, 2.45) is 0 Å². The normalized spacial score (nSPS) is 17.2. The van der Waals surface area contributed by atoms with Crippen molar-refractivity contribution in [3.05, 3.63) is 53.7 Å². The number of aromatic nitrogens is 1. The Balaban J connectivity index is 1.62. The van der Waals surface area contributed by atoms with Crippen molar-refractivity contribution < 1.29 is 4.42 Å². The first-order chi connectivity index (χ1) is 10.3. The number of hydrogen-bond donors (Lipinski definition) is 1. The van der Waals surface area contributed by atoms with Gasteiger partial charge in [0, 0.05) is 25.5 Å². The average molecular weight is 285 g/mol. The fourth-order valence-corrected chi connectivity index (χ4v) is 2.95. The van der Waals surface area contributed by atoms with Crippen LogP contribution < -0.4 is 5.32 Å². The molecule has 4 heteroatoms. The maximum Gasteiger partial charge on any atom is 0.122 e. The lowest BCUT2D eigenvalue weighted by atomic mass is 10.2. The monoisotopic (exact) mass is 285 g/mol. The van der Waals surface area contributed by atoms with Crippen LogP contribution in [-0.4, -0.2) is 29.5 Å². The third kappa shape index (κ3) is 3.71. The van der Waals surface area contributed by atoms with E-state index in [9.17, 15) is 0 Å². The maximum absolute atomic E-state index is 5.87. The third-order valence-electron chi connectivity index (χ3n) is 4.09. The molecule has 1 saturated heterocycles. The molecule has 0 radical (unpaired) electrons. The Hall–Kier alpha value is -1.65. The summed E-state index contributed by atoms with van der Waals surface area (Å²) in [5.74, 6) is 2.07. The number of rotatable bonds is 6. The van der Waals surface area contributed by atoms with Gasteiger partial charge >= 0.3 is 0 Å². The molecule has 1 fully saturated rings. The summed E-state index contributed by atoms with van der Waals surface area (Å²) in [6, 6.07) is 8.61. The third-order valence-corrected chi connectivity index (χ3v) is 4.09. The zero-order chi connectivity index (χ0) is 14.5. The lowest BCUT2D eigenvalue weighted by molar-refractivity contribution is 0.207. The van der Waals surface area contributed by atoms with Crippen LogP contribution in [0.3, 0.4) is 0 Å². The summed E-state index contributed by atoms with van der Waals surface area (Å²) in [6.07, 6.45) is 6.26. The second kappa shape index (κ2) is 6.87. The molecule has 0 aliphatic carbocycles. The highest BCUT2D eigenvalue weighted by molar-refractivity contribution is 5.12. The Morgan fingerprint density at radius 3 is 2.62 bits per heavy atom. The van der Waals surface area contributed by atoms with E-state index >= 15 is 0 Å². The van der Waals surface area contributed by atoms with Crippen molar-refractivity contribution in [3.8, 4) is 0 Å². The first-order valence-corrected chi connectivity index (χ1v) is 7.73. The molecule has 21 heavy (non-hydrogen) atoms. The summed E-state index contributed by atoms with van der Waals surface area (Å²) in [7, 11) is 0. The summed E-state index contributed by atoms with van der Waals surface area (Å²) in [5.41, 5.74) is 1.26. The molecule has 0 bridgehead atoms. The summed E-state index contributed by atoms with van der Waals surface area (Å²) in [4.78, 5) is 6.58. The van der Waals surface area contributed by atoms with Gasteiger partial charge in [0.05, 0.1) is 6.04 Å². The lowest BCUT2D eigenvalue weighted by Crippen LogP contribution is -2.33. The minimum absolute atomic E-state index is 0.336. The Morgan fingerprint density at radius 2 is 1.95 bits per heavy atom. The molecule has 1 unspecified atom stereocenters. The molecular weight excluding hydrogens is 262 g/mol. The molecule has 1 aliphatic heterocycles. The van der Waals surface area contributed by atoms with Gasteiger partial charge in [0.2, 0.25) is 0 Å². The van der Waals surface area contributed by atoms with Gasteiger partial charge in [0.15, 0.2) is 0 Å². The van der Waals surface area contributed by atoms with E-state index in [0.717, 1.165) is 24.6 Å². The van der Waals surface area contributed by atoms with Crippen LogP contribution >= 0.6 is 0 Å². The highest BCUT2D eigenvalue weighted by Crippen LogP contribution is 2.26. The van der Waals surface area contributed by atoms with E-state index in [0.29, 0.717) is 6.04 Å². The maximum atomic E-state index is 5.87. The molecule has 0 spiro atoms. The van der Waals surface area contributed by atoms with Crippen molar-refractivity contribution in [3.63, 3.8) is 0 Å². The Morgan fingerprint density at radius 1 is 1.19 bits per heavy atom. The summed E-state index contributed by atoms with van der Waals surface area (Å²) in [6.45, 7) is 6.12. The fourth-order valence-electron chi connectivity index (χ4n) is 2.95. The van der Waals surface area contributed by atoms with Gasteiger partial charge in [-0.05, 0) is 62.7 Å². The van der Waals surface area contributed by atoms with Gasteiger partial charge in [-0.1, -0.05) is 0 Å². The molecule has 0 aromatic carbocycles. The molecule has 1 N–H and O–H groups in total. The smallest absolute Gasteiger partial charge is 0.122 e. The van der Waals surface area contributed by atoms with Crippen molar-refractivity contribution in [1.82, 2.24) is 15.2 Å². The second-order valence-electron chi connectivity index (χ2n) is 5.69. The van der Waals surface area contributed by atoms with E-state index < -0.39 is 0 Å². The van der Waals surface area contributed by atoms with E-state index in [4.69, 9.17) is 4.42 Å². The van der Waals surface area contributed by atoms with Gasteiger partial charge in [0.25, 0.3) is 0 Å². The molecule has 0 amide bonds. The Bertz CT molecular complexity index is 546. The molecule has 3 rings (SSSR count). The Kier molecular flexibility index (Phi) is 4.68. The van der Waals surface area contributed by atoms with Gasteiger partial charge in [-0.25, -0.2) is 0 Å².